The monoisotopic (exact) mass is 510 g/mol. The van der Waals surface area contributed by atoms with E-state index in [2.05, 4.69) is 17.1 Å². The average molecular weight is 511 g/mol. The van der Waals surface area contributed by atoms with Crippen LogP contribution in [0.2, 0.25) is 0 Å². The molecule has 0 N–H and O–H groups in total. The van der Waals surface area contributed by atoms with Crippen LogP contribution in [0.15, 0.2) is 48.7 Å². The van der Waals surface area contributed by atoms with Gasteiger partial charge in [-0.05, 0) is 37.0 Å². The maximum absolute atomic E-state index is 13.9. The first kappa shape index (κ1) is 26.8. The van der Waals surface area contributed by atoms with E-state index in [1.807, 2.05) is 43.5 Å². The number of quaternary nitrogens is 1. The van der Waals surface area contributed by atoms with Crippen molar-refractivity contribution in [3.05, 3.63) is 65.5 Å². The van der Waals surface area contributed by atoms with Crippen LogP contribution in [0.4, 0.5) is 0 Å². The Morgan fingerprint density at radius 2 is 1.69 bits per heavy atom. The van der Waals surface area contributed by atoms with Crippen LogP contribution in [0.5, 0.6) is 0 Å². The van der Waals surface area contributed by atoms with Crippen LogP contribution < -0.4 is 12.4 Å². The lowest BCUT2D eigenvalue weighted by Crippen LogP contribution is -3.00. The van der Waals surface area contributed by atoms with E-state index in [-0.39, 0.29) is 30.3 Å². The minimum absolute atomic E-state index is 0. The molecule has 3 saturated heterocycles. The maximum atomic E-state index is 13.9. The Balaban J connectivity index is 0.00000304. The van der Waals surface area contributed by atoms with Crippen LogP contribution in [-0.2, 0) is 26.2 Å². The number of halogens is 1. The predicted octanol–water partition coefficient (Wildman–Crippen LogP) is 1.95. The number of carbonyl (C=O) groups is 2. The summed E-state index contributed by atoms with van der Waals surface area (Å²) in [5.74, 6) is 0.652. The van der Waals surface area contributed by atoms with E-state index in [0.717, 1.165) is 79.5 Å². The van der Waals surface area contributed by atoms with Gasteiger partial charge in [0.15, 0.2) is 11.9 Å². The van der Waals surface area contributed by atoms with Gasteiger partial charge in [-0.25, -0.2) is 0 Å². The van der Waals surface area contributed by atoms with Gasteiger partial charge in [0.25, 0.3) is 0 Å². The first-order valence-electron chi connectivity index (χ1n) is 13.5. The summed E-state index contributed by atoms with van der Waals surface area (Å²) in [5.41, 5.74) is 2.53. The summed E-state index contributed by atoms with van der Waals surface area (Å²) in [7, 11) is 0. The summed E-state index contributed by atoms with van der Waals surface area (Å²) in [4.78, 5) is 31.3. The number of rotatable bonds is 7. The number of pyridine rings is 1. The topological polar surface area (TPSA) is 56.3 Å². The molecule has 1 aromatic carbocycles. The minimum atomic E-state index is -0.525. The van der Waals surface area contributed by atoms with Crippen molar-refractivity contribution in [2.75, 3.05) is 26.2 Å². The highest BCUT2D eigenvalue weighted by Gasteiger charge is 2.50. The Labute approximate surface area is 221 Å². The van der Waals surface area contributed by atoms with Crippen molar-refractivity contribution in [3.8, 4) is 0 Å². The molecule has 1 aromatic heterocycles. The van der Waals surface area contributed by atoms with Crippen LogP contribution >= 0.6 is 0 Å². The average Bonchev–Trinajstić information content (AvgIpc) is 3.14. The fourth-order valence-electron chi connectivity index (χ4n) is 6.79. The van der Waals surface area contributed by atoms with Gasteiger partial charge in [0.2, 0.25) is 0 Å². The molecule has 4 heterocycles. The zero-order valence-corrected chi connectivity index (χ0v) is 22.2. The molecule has 0 amide bonds. The summed E-state index contributed by atoms with van der Waals surface area (Å²) < 4.78 is 7.21. The number of esters is 1. The summed E-state index contributed by atoms with van der Waals surface area (Å²) in [6.07, 6.45) is 10.5. The van der Waals surface area contributed by atoms with Crippen molar-refractivity contribution in [1.82, 2.24) is 4.98 Å². The quantitative estimate of drug-likeness (QED) is 0.324. The second-order valence-corrected chi connectivity index (χ2v) is 11.3. The number of fused-ring (bicyclic) bond motifs is 3. The standard InChI is InChI=1S/C30H39N2O3.ClH/c1-23-11-12-24(20-31-23)19-27(33)21-32-17-13-25(14-18-32)28(22-32)35-29(34)30(15-7-2-3-8-16-30)26-9-5-4-6-10-26;/h4-6,9-12,20,25,28H,2-3,7-8,13-19,21-22H2,1H3;1H/q+1;/p-1/t25?,28-,32?;/m0./s1. The van der Waals surface area contributed by atoms with E-state index in [0.29, 0.717) is 18.9 Å². The number of hydrogen-bond donors (Lipinski definition) is 0. The fraction of sp³-hybridized carbons (Fsp3) is 0.567. The number of benzene rings is 1. The van der Waals surface area contributed by atoms with Crippen molar-refractivity contribution in [2.24, 2.45) is 5.92 Å². The lowest BCUT2D eigenvalue weighted by atomic mass is 9.74. The summed E-state index contributed by atoms with van der Waals surface area (Å²) in [5, 5.41) is 0. The molecule has 4 fully saturated rings. The molecule has 1 atom stereocenters. The first-order chi connectivity index (χ1) is 17.0. The lowest BCUT2D eigenvalue weighted by Gasteiger charge is -2.52. The van der Waals surface area contributed by atoms with Gasteiger partial charge in [0.1, 0.15) is 13.1 Å². The van der Waals surface area contributed by atoms with Gasteiger partial charge in [0, 0.05) is 37.1 Å². The molecule has 1 saturated carbocycles. The van der Waals surface area contributed by atoms with Crippen LogP contribution in [0.3, 0.4) is 0 Å². The van der Waals surface area contributed by atoms with Crippen molar-refractivity contribution in [2.45, 2.75) is 76.2 Å². The van der Waals surface area contributed by atoms with Gasteiger partial charge in [-0.1, -0.05) is 62.1 Å². The molecule has 0 radical (unpaired) electrons. The minimum Gasteiger partial charge on any atom is -1.00 e. The first-order valence-corrected chi connectivity index (χ1v) is 13.5. The molecule has 4 aliphatic rings. The van der Waals surface area contributed by atoms with Crippen LogP contribution in [-0.4, -0.2) is 53.5 Å². The summed E-state index contributed by atoms with van der Waals surface area (Å²) >= 11 is 0. The third-order valence-corrected chi connectivity index (χ3v) is 8.86. The third-order valence-electron chi connectivity index (χ3n) is 8.86. The molecule has 6 heteroatoms. The Morgan fingerprint density at radius 3 is 2.33 bits per heavy atom. The van der Waals surface area contributed by atoms with E-state index in [9.17, 15) is 9.59 Å². The maximum Gasteiger partial charge on any atom is 0.317 e. The molecule has 6 rings (SSSR count). The van der Waals surface area contributed by atoms with Crippen molar-refractivity contribution in [1.29, 1.82) is 0 Å². The van der Waals surface area contributed by atoms with Crippen LogP contribution in [0, 0.1) is 12.8 Å². The molecule has 2 aromatic rings. The van der Waals surface area contributed by atoms with E-state index < -0.39 is 5.41 Å². The number of Topliss-reactive ketones (excluding diaryl/α,β-unsaturated/α-hetero) is 1. The molecular weight excluding hydrogens is 472 g/mol. The summed E-state index contributed by atoms with van der Waals surface area (Å²) in [6.45, 7) is 5.29. The zero-order chi connectivity index (χ0) is 24.3. The zero-order valence-electron chi connectivity index (χ0n) is 21.5. The SMILES string of the molecule is Cc1ccc(CC(=O)C[N+]23CCC(CC2)[C@@H](OC(=O)C2(c4ccccc4)CCCCCC2)C3)cn1.[Cl-]. The lowest BCUT2D eigenvalue weighted by molar-refractivity contribution is -0.939. The van der Waals surface area contributed by atoms with Crippen molar-refractivity contribution < 1.29 is 31.2 Å². The number of hydrogen-bond acceptors (Lipinski definition) is 4. The highest BCUT2D eigenvalue weighted by Crippen LogP contribution is 2.42. The van der Waals surface area contributed by atoms with E-state index in [1.165, 1.54) is 12.8 Å². The number of aromatic nitrogens is 1. The van der Waals surface area contributed by atoms with E-state index in [1.54, 1.807) is 0 Å². The smallest absolute Gasteiger partial charge is 0.317 e. The molecular formula is C30H39ClN2O3. The molecule has 5 nitrogen and oxygen atoms in total. The van der Waals surface area contributed by atoms with Gasteiger partial charge >= 0.3 is 5.97 Å². The molecule has 36 heavy (non-hydrogen) atoms. The van der Waals surface area contributed by atoms with Gasteiger partial charge in [-0.15, -0.1) is 0 Å². The van der Waals surface area contributed by atoms with E-state index in [4.69, 9.17) is 4.74 Å². The van der Waals surface area contributed by atoms with Crippen molar-refractivity contribution >= 4 is 11.8 Å². The normalized spacial score (nSPS) is 26.9. The number of ketones is 1. The third kappa shape index (κ3) is 5.68. The Bertz CT molecular complexity index is 1020. The molecule has 194 valence electrons. The van der Waals surface area contributed by atoms with Crippen LogP contribution in [0.25, 0.3) is 0 Å². The molecule has 0 unspecified atom stereocenters. The Kier molecular flexibility index (Phi) is 8.52. The van der Waals surface area contributed by atoms with Crippen LogP contribution in [0.1, 0.15) is 68.2 Å². The molecule has 3 aliphatic heterocycles. The van der Waals surface area contributed by atoms with Gasteiger partial charge in [-0.2, -0.15) is 0 Å². The van der Waals surface area contributed by atoms with Gasteiger partial charge in [0.05, 0.1) is 18.5 Å². The largest absolute Gasteiger partial charge is 1.00 e. The number of aryl methyl sites for hydroxylation is 1. The Hall–Kier alpha value is -2.24. The molecule has 2 bridgehead atoms. The second-order valence-electron chi connectivity index (χ2n) is 11.3. The number of carbonyl (C=O) groups excluding carboxylic acids is 2. The van der Waals surface area contributed by atoms with Crippen molar-refractivity contribution in [3.63, 3.8) is 0 Å². The van der Waals surface area contributed by atoms with Gasteiger partial charge in [-0.3, -0.25) is 14.6 Å². The molecule has 1 aliphatic carbocycles. The second kappa shape index (κ2) is 11.4. The number of nitrogens with zero attached hydrogens (tertiary/aromatic N) is 2. The number of piperidine rings is 3. The van der Waals surface area contributed by atoms with E-state index >= 15 is 0 Å². The molecule has 0 spiro atoms. The number of ether oxygens (including phenoxy) is 1. The van der Waals surface area contributed by atoms with Gasteiger partial charge < -0.3 is 21.6 Å². The predicted molar refractivity (Wildman–Crippen MR) is 136 cm³/mol. The highest BCUT2D eigenvalue weighted by molar-refractivity contribution is 5.83. The Morgan fingerprint density at radius 1 is 1.00 bits per heavy atom. The fourth-order valence-corrected chi connectivity index (χ4v) is 6.79. The summed E-state index contributed by atoms with van der Waals surface area (Å²) in [6, 6.07) is 14.3. The highest BCUT2D eigenvalue weighted by atomic mass is 35.5.